The molecule has 0 radical (unpaired) electrons. The maximum Gasteiger partial charge on any atom is 0.255 e. The predicted octanol–water partition coefficient (Wildman–Crippen LogP) is 2.54. The zero-order valence-corrected chi connectivity index (χ0v) is 25.5. The first-order valence-corrected chi connectivity index (χ1v) is 14.6. The monoisotopic (exact) mass is 605 g/mol. The molecule has 2 aromatic rings. The minimum absolute atomic E-state index is 0.0111. The highest BCUT2D eigenvalue weighted by atomic mass is 16.5. The zero-order valence-electron chi connectivity index (χ0n) is 25.5. The quantitative estimate of drug-likeness (QED) is 0.245. The number of nitrogens with two attached hydrogens (primary N) is 1. The molecule has 4 atom stereocenters. The molecule has 0 aromatic heterocycles. The van der Waals surface area contributed by atoms with Crippen molar-refractivity contribution in [3.05, 3.63) is 69.7 Å². The van der Waals surface area contributed by atoms with Crippen molar-refractivity contribution >= 4 is 17.5 Å². The van der Waals surface area contributed by atoms with E-state index in [0.717, 1.165) is 17.7 Å². The number of primary amides is 1. The number of amides is 1. The van der Waals surface area contributed by atoms with E-state index in [1.807, 2.05) is 18.2 Å². The number of allylic oxidation sites excluding steroid dienone is 1. The first-order valence-electron chi connectivity index (χ1n) is 14.6. The van der Waals surface area contributed by atoms with Gasteiger partial charge in [-0.3, -0.25) is 19.3 Å². The number of aromatic hydroxyl groups is 1. The Hall–Kier alpha value is -4.19. The van der Waals surface area contributed by atoms with Gasteiger partial charge in [0.1, 0.15) is 28.6 Å². The van der Waals surface area contributed by atoms with Gasteiger partial charge in [-0.25, -0.2) is 0 Å². The van der Waals surface area contributed by atoms with Crippen LogP contribution in [0.5, 0.6) is 11.5 Å². The predicted molar refractivity (Wildman–Crippen MR) is 162 cm³/mol. The van der Waals surface area contributed by atoms with Crippen molar-refractivity contribution in [2.45, 2.75) is 44.9 Å². The highest BCUT2D eigenvalue weighted by molar-refractivity contribution is 6.25. The zero-order chi connectivity index (χ0) is 32.2. The van der Waals surface area contributed by atoms with E-state index in [9.17, 15) is 34.8 Å². The Labute approximate surface area is 255 Å². The van der Waals surface area contributed by atoms with E-state index >= 15 is 0 Å². The van der Waals surface area contributed by atoms with Crippen molar-refractivity contribution in [2.75, 3.05) is 27.7 Å². The molecule has 11 heteroatoms. The van der Waals surface area contributed by atoms with E-state index in [1.54, 1.807) is 27.3 Å². The Balaban J connectivity index is 1.66. The Morgan fingerprint density at radius 2 is 1.84 bits per heavy atom. The normalized spacial score (nSPS) is 24.9. The smallest absolute Gasteiger partial charge is 0.255 e. The van der Waals surface area contributed by atoms with Crippen molar-refractivity contribution in [3.63, 3.8) is 0 Å². The molecule has 0 saturated heterocycles. The summed E-state index contributed by atoms with van der Waals surface area (Å²) in [6.07, 6.45) is 0.189. The standard InChI is InChI=1S/C33H39N3O8/c1-15(2)13-35-14-16-6-9-23(44-5)19(10-16)18-7-8-22(37)25-20(18)11-17-12-21-27(36(3)4)29(39)26(32(34)42)31(41)33(21,43)30(40)24(17)28(25)38/h6-10,15,17,21,27,35,37,39-40,43H,11-14H2,1-5H3,(H2,34,42)/t17-,21-,27-,33-/m1/s1. The largest absolute Gasteiger partial charge is 0.510 e. The molecule has 0 saturated carbocycles. The molecule has 234 valence electrons. The number of fused-ring (bicyclic) bond motifs is 3. The Bertz CT molecular complexity index is 1620. The molecule has 11 nitrogen and oxygen atoms in total. The number of carbonyl (C=O) groups excluding carboxylic acids is 3. The van der Waals surface area contributed by atoms with Gasteiger partial charge in [-0.15, -0.1) is 0 Å². The van der Waals surface area contributed by atoms with Crippen molar-refractivity contribution in [1.29, 1.82) is 0 Å². The maximum absolute atomic E-state index is 14.1. The molecule has 0 heterocycles. The number of likely N-dealkylation sites (N-methyl/N-ethyl adjacent to an activating group) is 1. The van der Waals surface area contributed by atoms with Gasteiger partial charge < -0.3 is 36.2 Å². The number of aliphatic hydroxyl groups is 3. The number of ketones is 2. The summed E-state index contributed by atoms with van der Waals surface area (Å²) < 4.78 is 5.68. The third kappa shape index (κ3) is 4.75. The fraction of sp³-hybridized carbons (Fsp3) is 0.424. The SMILES string of the molecule is COc1ccc(CNCC(C)C)cc1-c1ccc(O)c2c1C[C@@H]1C[C@@H]3[C@@H](N(C)C)C(O)=C(C(N)=O)C(=O)[C@]3(O)C(O)=C1C2=O. The van der Waals surface area contributed by atoms with Crippen molar-refractivity contribution in [3.8, 4) is 22.6 Å². The molecule has 0 bridgehead atoms. The minimum atomic E-state index is -2.68. The van der Waals surface area contributed by atoms with Crippen LogP contribution in [0.25, 0.3) is 11.1 Å². The van der Waals surface area contributed by atoms with Crippen LogP contribution in [0.1, 0.15) is 41.8 Å². The highest BCUT2D eigenvalue weighted by Crippen LogP contribution is 2.53. The van der Waals surface area contributed by atoms with Crippen molar-refractivity contribution < 1.29 is 39.5 Å². The van der Waals surface area contributed by atoms with Crippen LogP contribution in [0.4, 0.5) is 0 Å². The molecule has 5 rings (SSSR count). The number of methoxy groups -OCH3 is 1. The Kier molecular flexibility index (Phi) is 8.08. The lowest BCUT2D eigenvalue weighted by atomic mass is 9.58. The molecule has 3 aliphatic carbocycles. The molecule has 0 unspecified atom stereocenters. The van der Waals surface area contributed by atoms with E-state index in [2.05, 4.69) is 19.2 Å². The van der Waals surface area contributed by atoms with Gasteiger partial charge in [0.05, 0.1) is 18.7 Å². The fourth-order valence-corrected chi connectivity index (χ4v) is 7.08. The molecular formula is C33H39N3O8. The number of ether oxygens (including phenoxy) is 1. The molecule has 3 aliphatic rings. The van der Waals surface area contributed by atoms with E-state index in [4.69, 9.17) is 10.5 Å². The molecule has 0 spiro atoms. The lowest BCUT2D eigenvalue weighted by Crippen LogP contribution is -2.63. The van der Waals surface area contributed by atoms with Crippen molar-refractivity contribution in [2.24, 2.45) is 23.5 Å². The molecular weight excluding hydrogens is 566 g/mol. The number of carbonyl (C=O) groups is 3. The van der Waals surface area contributed by atoms with Gasteiger partial charge in [-0.1, -0.05) is 26.0 Å². The van der Waals surface area contributed by atoms with Gasteiger partial charge in [0.15, 0.2) is 11.4 Å². The topological polar surface area (TPSA) is 183 Å². The van der Waals surface area contributed by atoms with Crippen LogP contribution in [0.3, 0.4) is 0 Å². The number of nitrogens with one attached hydrogen (secondary N) is 1. The molecule has 1 amide bonds. The second-order valence-electron chi connectivity index (χ2n) is 12.5. The van der Waals surface area contributed by atoms with Crippen LogP contribution >= 0.6 is 0 Å². The number of phenols is 1. The van der Waals surface area contributed by atoms with Gasteiger partial charge in [0, 0.05) is 23.6 Å². The number of nitrogens with zero attached hydrogens (tertiary/aromatic N) is 1. The van der Waals surface area contributed by atoms with Crippen LogP contribution < -0.4 is 15.8 Å². The van der Waals surface area contributed by atoms with E-state index in [1.165, 1.54) is 11.0 Å². The summed E-state index contributed by atoms with van der Waals surface area (Å²) in [4.78, 5) is 41.3. The van der Waals surface area contributed by atoms with E-state index in [0.29, 0.717) is 29.3 Å². The molecule has 44 heavy (non-hydrogen) atoms. The second-order valence-corrected chi connectivity index (χ2v) is 12.5. The number of hydrogen-bond acceptors (Lipinski definition) is 10. The number of rotatable bonds is 8. The lowest BCUT2D eigenvalue weighted by molar-refractivity contribution is -0.148. The minimum Gasteiger partial charge on any atom is -0.510 e. The summed E-state index contributed by atoms with van der Waals surface area (Å²) in [6.45, 7) is 5.69. The average Bonchev–Trinajstić information content (AvgIpc) is 2.94. The van der Waals surface area contributed by atoms with E-state index < -0.39 is 58.0 Å². The summed E-state index contributed by atoms with van der Waals surface area (Å²) in [5, 5.41) is 48.7. The molecule has 0 aliphatic heterocycles. The molecule has 7 N–H and O–H groups in total. The summed E-state index contributed by atoms with van der Waals surface area (Å²) in [6, 6.07) is 7.84. The second kappa shape index (κ2) is 11.4. The lowest BCUT2D eigenvalue weighted by Gasteiger charge is -2.50. The van der Waals surface area contributed by atoms with Crippen LogP contribution in [-0.4, -0.2) is 82.2 Å². The van der Waals surface area contributed by atoms with E-state index in [-0.39, 0.29) is 29.7 Å². The van der Waals surface area contributed by atoms with Crippen LogP contribution in [0.15, 0.2) is 53.0 Å². The third-order valence-corrected chi connectivity index (χ3v) is 9.04. The summed E-state index contributed by atoms with van der Waals surface area (Å²) in [7, 11) is 4.74. The van der Waals surface area contributed by atoms with Gasteiger partial charge in [-0.05, 0) is 80.2 Å². The average molecular weight is 606 g/mol. The van der Waals surface area contributed by atoms with Gasteiger partial charge in [0.25, 0.3) is 5.91 Å². The van der Waals surface area contributed by atoms with Gasteiger partial charge in [-0.2, -0.15) is 0 Å². The molecule has 2 aromatic carbocycles. The fourth-order valence-electron chi connectivity index (χ4n) is 7.08. The van der Waals surface area contributed by atoms with Crippen LogP contribution in [-0.2, 0) is 22.6 Å². The summed E-state index contributed by atoms with van der Waals surface area (Å²) in [5.41, 5.74) is 4.55. The Morgan fingerprint density at radius 1 is 1.14 bits per heavy atom. The number of Topliss-reactive ketones (excluding diaryl/α,β-unsaturated/α-hetero) is 2. The third-order valence-electron chi connectivity index (χ3n) is 9.04. The maximum atomic E-state index is 14.1. The van der Waals surface area contributed by atoms with Crippen LogP contribution in [0, 0.1) is 17.8 Å². The number of phenolic OH excluding ortho intramolecular Hbond substituents is 1. The molecule has 0 fully saturated rings. The van der Waals surface area contributed by atoms with Crippen LogP contribution in [0.2, 0.25) is 0 Å². The summed E-state index contributed by atoms with van der Waals surface area (Å²) in [5.74, 6) is -5.80. The number of aliphatic hydroxyl groups excluding tert-OH is 2. The van der Waals surface area contributed by atoms with Gasteiger partial charge in [0.2, 0.25) is 5.78 Å². The van der Waals surface area contributed by atoms with Crippen molar-refractivity contribution in [1.82, 2.24) is 10.2 Å². The first kappa shape index (κ1) is 31.2. The Morgan fingerprint density at radius 3 is 2.45 bits per heavy atom. The highest BCUT2D eigenvalue weighted by Gasteiger charge is 2.63. The summed E-state index contributed by atoms with van der Waals surface area (Å²) >= 11 is 0. The van der Waals surface area contributed by atoms with Gasteiger partial charge >= 0.3 is 0 Å². The first-order chi connectivity index (χ1) is 20.7. The number of benzene rings is 2. The number of hydrogen-bond donors (Lipinski definition) is 6.